The molecule has 0 radical (unpaired) electrons. The normalized spacial score (nSPS) is 13.1. The third kappa shape index (κ3) is 4.34. The van der Waals surface area contributed by atoms with E-state index in [-0.39, 0.29) is 0 Å². The maximum Gasteiger partial charge on any atom is 0.0781 e. The summed E-state index contributed by atoms with van der Waals surface area (Å²) in [5, 5.41) is 9.90. The number of hydrogen-bond donors (Lipinski definition) is 1. The number of anilines is 1. The molecule has 1 atom stereocenters. The Hall–Kier alpha value is -1.02. The Morgan fingerprint density at radius 1 is 0.944 bits per heavy atom. The largest absolute Gasteiger partial charge is 0.389 e. The molecule has 0 aliphatic heterocycles. The first kappa shape index (κ1) is 15.0. The average Bonchev–Trinajstić information content (AvgIpc) is 2.26. The molecule has 18 heavy (non-hydrogen) atoms. The summed E-state index contributed by atoms with van der Waals surface area (Å²) in [6.07, 6.45) is -0.414. The van der Waals surface area contributed by atoms with Crippen molar-refractivity contribution in [3.63, 3.8) is 0 Å². The Morgan fingerprint density at radius 3 is 1.89 bits per heavy atom. The second-order valence-corrected chi connectivity index (χ2v) is 5.93. The molecule has 0 aromatic heterocycles. The van der Waals surface area contributed by atoms with E-state index in [0.29, 0.717) is 11.8 Å². The number of rotatable bonds is 6. The molecule has 0 aliphatic rings. The zero-order valence-electron chi connectivity index (χ0n) is 12.4. The Balaban J connectivity index is 3.03. The lowest BCUT2D eigenvalue weighted by molar-refractivity contribution is 0.199. The zero-order valence-corrected chi connectivity index (χ0v) is 12.4. The van der Waals surface area contributed by atoms with Crippen LogP contribution in [0.5, 0.6) is 0 Å². The summed E-state index contributed by atoms with van der Waals surface area (Å²) in [6.45, 7) is 12.8. The highest BCUT2D eigenvalue weighted by atomic mass is 16.3. The van der Waals surface area contributed by atoms with Gasteiger partial charge in [-0.25, -0.2) is 0 Å². The fourth-order valence-corrected chi connectivity index (χ4v) is 2.28. The maximum absolute atomic E-state index is 9.90. The summed E-state index contributed by atoms with van der Waals surface area (Å²) in [5.41, 5.74) is 2.20. The number of nitrogens with zero attached hydrogens (tertiary/aromatic N) is 1. The summed E-state index contributed by atoms with van der Waals surface area (Å²) < 4.78 is 0. The van der Waals surface area contributed by atoms with Gasteiger partial charge < -0.3 is 10.0 Å². The Labute approximate surface area is 112 Å². The van der Waals surface area contributed by atoms with Crippen molar-refractivity contribution in [2.75, 3.05) is 18.0 Å². The van der Waals surface area contributed by atoms with Gasteiger partial charge in [0.2, 0.25) is 0 Å². The van der Waals surface area contributed by atoms with E-state index in [1.54, 1.807) is 0 Å². The van der Waals surface area contributed by atoms with Gasteiger partial charge in [0.15, 0.2) is 0 Å². The molecular weight excluding hydrogens is 222 g/mol. The van der Waals surface area contributed by atoms with Crippen LogP contribution < -0.4 is 4.90 Å². The maximum atomic E-state index is 9.90. The van der Waals surface area contributed by atoms with Crippen molar-refractivity contribution in [1.29, 1.82) is 0 Å². The van der Waals surface area contributed by atoms with Crippen LogP contribution in [0.1, 0.15) is 46.3 Å². The lowest BCUT2D eigenvalue weighted by Crippen LogP contribution is -2.32. The van der Waals surface area contributed by atoms with Crippen molar-refractivity contribution < 1.29 is 5.11 Å². The molecule has 1 N–H and O–H groups in total. The van der Waals surface area contributed by atoms with Crippen LogP contribution in [-0.4, -0.2) is 18.2 Å². The molecule has 0 unspecified atom stereocenters. The van der Waals surface area contributed by atoms with Crippen LogP contribution in [0.2, 0.25) is 0 Å². The van der Waals surface area contributed by atoms with Gasteiger partial charge in [0.25, 0.3) is 0 Å². The van der Waals surface area contributed by atoms with E-state index < -0.39 is 6.10 Å². The third-order valence-electron chi connectivity index (χ3n) is 2.90. The minimum Gasteiger partial charge on any atom is -0.389 e. The number of aliphatic hydroxyl groups excluding tert-OH is 1. The molecule has 102 valence electrons. The van der Waals surface area contributed by atoms with E-state index in [1.807, 2.05) is 19.1 Å². The molecule has 0 heterocycles. The predicted octanol–water partition coefficient (Wildman–Crippen LogP) is 3.86. The fourth-order valence-electron chi connectivity index (χ4n) is 2.28. The van der Waals surface area contributed by atoms with E-state index in [1.165, 1.54) is 5.69 Å². The second-order valence-electron chi connectivity index (χ2n) is 5.93. The molecular formula is C16H27NO. The van der Waals surface area contributed by atoms with Crippen LogP contribution >= 0.6 is 0 Å². The molecule has 0 amide bonds. The quantitative estimate of drug-likeness (QED) is 0.827. The molecule has 0 fully saturated rings. The van der Waals surface area contributed by atoms with Gasteiger partial charge in [-0.3, -0.25) is 0 Å². The highest BCUT2D eigenvalue weighted by molar-refractivity contribution is 5.54. The summed E-state index contributed by atoms with van der Waals surface area (Å²) in [6, 6.07) is 8.18. The van der Waals surface area contributed by atoms with Crippen molar-refractivity contribution in [1.82, 2.24) is 0 Å². The van der Waals surface area contributed by atoms with Gasteiger partial charge in [-0.15, -0.1) is 0 Å². The lowest BCUT2D eigenvalue weighted by atomic mass is 10.0. The van der Waals surface area contributed by atoms with Gasteiger partial charge in [0, 0.05) is 24.3 Å². The monoisotopic (exact) mass is 249 g/mol. The van der Waals surface area contributed by atoms with Gasteiger partial charge in [0.1, 0.15) is 0 Å². The van der Waals surface area contributed by atoms with Crippen molar-refractivity contribution >= 4 is 5.69 Å². The zero-order chi connectivity index (χ0) is 13.7. The SMILES string of the molecule is CC(C)CN(CC(C)C)c1ccccc1[C@@H](C)O. The first-order valence-electron chi connectivity index (χ1n) is 6.93. The van der Waals surface area contributed by atoms with E-state index in [0.717, 1.165) is 18.7 Å². The van der Waals surface area contributed by atoms with Gasteiger partial charge in [-0.05, 0) is 24.8 Å². The Bertz CT molecular complexity index is 348. The first-order chi connectivity index (χ1) is 8.41. The van der Waals surface area contributed by atoms with Crippen LogP contribution in [0.25, 0.3) is 0 Å². The van der Waals surface area contributed by atoms with Crippen molar-refractivity contribution in [2.45, 2.75) is 40.7 Å². The molecule has 2 nitrogen and oxygen atoms in total. The number of aliphatic hydroxyl groups is 1. The molecule has 0 spiro atoms. The molecule has 2 heteroatoms. The number of benzene rings is 1. The van der Waals surface area contributed by atoms with Gasteiger partial charge >= 0.3 is 0 Å². The number of para-hydroxylation sites is 1. The first-order valence-corrected chi connectivity index (χ1v) is 6.93. The van der Waals surface area contributed by atoms with Crippen molar-refractivity contribution in [2.24, 2.45) is 11.8 Å². The van der Waals surface area contributed by atoms with E-state index in [2.05, 4.69) is 44.7 Å². The van der Waals surface area contributed by atoms with E-state index in [4.69, 9.17) is 0 Å². The summed E-state index contributed by atoms with van der Waals surface area (Å²) in [4.78, 5) is 2.40. The highest BCUT2D eigenvalue weighted by Crippen LogP contribution is 2.27. The van der Waals surface area contributed by atoms with Crippen molar-refractivity contribution in [3.05, 3.63) is 29.8 Å². The van der Waals surface area contributed by atoms with Crippen LogP contribution in [0.15, 0.2) is 24.3 Å². The highest BCUT2D eigenvalue weighted by Gasteiger charge is 2.15. The van der Waals surface area contributed by atoms with Gasteiger partial charge in [0.05, 0.1) is 6.10 Å². The predicted molar refractivity (Wildman–Crippen MR) is 79.0 cm³/mol. The molecule has 0 aliphatic carbocycles. The van der Waals surface area contributed by atoms with E-state index >= 15 is 0 Å². The van der Waals surface area contributed by atoms with Crippen LogP contribution in [0.3, 0.4) is 0 Å². The van der Waals surface area contributed by atoms with Crippen LogP contribution in [-0.2, 0) is 0 Å². The van der Waals surface area contributed by atoms with Crippen molar-refractivity contribution in [3.8, 4) is 0 Å². The van der Waals surface area contributed by atoms with E-state index in [9.17, 15) is 5.11 Å². The average molecular weight is 249 g/mol. The minimum absolute atomic E-state index is 0.414. The third-order valence-corrected chi connectivity index (χ3v) is 2.90. The molecule has 0 bridgehead atoms. The molecule has 1 rings (SSSR count). The standard InChI is InChI=1S/C16H27NO/c1-12(2)10-17(11-13(3)4)16-9-7-6-8-15(16)14(5)18/h6-9,12-14,18H,10-11H2,1-5H3/t14-/m1/s1. The smallest absolute Gasteiger partial charge is 0.0781 e. The molecule has 0 saturated carbocycles. The topological polar surface area (TPSA) is 23.5 Å². The summed E-state index contributed by atoms with van der Waals surface area (Å²) >= 11 is 0. The molecule has 0 saturated heterocycles. The van der Waals surface area contributed by atoms with Crippen LogP contribution in [0.4, 0.5) is 5.69 Å². The molecule has 1 aromatic carbocycles. The number of hydrogen-bond acceptors (Lipinski definition) is 2. The lowest BCUT2D eigenvalue weighted by Gasteiger charge is -2.31. The second kappa shape index (κ2) is 6.79. The fraction of sp³-hybridized carbons (Fsp3) is 0.625. The summed E-state index contributed by atoms with van der Waals surface area (Å²) in [5.74, 6) is 1.23. The van der Waals surface area contributed by atoms with Crippen LogP contribution in [0, 0.1) is 11.8 Å². The minimum atomic E-state index is -0.414. The van der Waals surface area contributed by atoms with Gasteiger partial charge in [-0.2, -0.15) is 0 Å². The molecule has 1 aromatic rings. The Morgan fingerprint density at radius 2 is 1.44 bits per heavy atom. The van der Waals surface area contributed by atoms with Gasteiger partial charge in [-0.1, -0.05) is 45.9 Å². The Kier molecular flexibility index (Phi) is 5.67. The summed E-state index contributed by atoms with van der Waals surface area (Å²) in [7, 11) is 0.